The van der Waals surface area contributed by atoms with Gasteiger partial charge in [0.15, 0.2) is 0 Å². The van der Waals surface area contributed by atoms with E-state index in [-0.39, 0.29) is 18.4 Å². The van der Waals surface area contributed by atoms with Crippen LogP contribution in [0.2, 0.25) is 5.02 Å². The molecule has 2 N–H and O–H groups in total. The van der Waals surface area contributed by atoms with Crippen LogP contribution in [0.4, 0.5) is 10.5 Å². The van der Waals surface area contributed by atoms with Crippen molar-refractivity contribution in [1.29, 1.82) is 0 Å². The van der Waals surface area contributed by atoms with Gasteiger partial charge in [-0.3, -0.25) is 10.1 Å². The second kappa shape index (κ2) is 8.77. The van der Waals surface area contributed by atoms with Gasteiger partial charge in [0.05, 0.1) is 0 Å². The molecule has 0 aliphatic heterocycles. The van der Waals surface area contributed by atoms with Crippen LogP contribution in [0.1, 0.15) is 47.0 Å². The Bertz CT molecular complexity index is 524. The molecule has 0 fully saturated rings. The van der Waals surface area contributed by atoms with Gasteiger partial charge < -0.3 is 10.1 Å². The lowest BCUT2D eigenvalue weighted by atomic mass is 10.1. The van der Waals surface area contributed by atoms with Crippen molar-refractivity contribution < 1.29 is 14.3 Å². The van der Waals surface area contributed by atoms with Crippen LogP contribution in [-0.4, -0.2) is 23.6 Å². The van der Waals surface area contributed by atoms with E-state index >= 15 is 0 Å². The Labute approximate surface area is 142 Å². The molecule has 6 heteroatoms. The number of nitrogens with one attached hydrogen (secondary N) is 2. The zero-order valence-electron chi connectivity index (χ0n) is 14.1. The minimum atomic E-state index is -0.718. The van der Waals surface area contributed by atoms with E-state index in [0.29, 0.717) is 5.02 Å². The molecule has 5 nitrogen and oxygen atoms in total. The molecule has 0 saturated carbocycles. The van der Waals surface area contributed by atoms with Gasteiger partial charge in [0.25, 0.3) is 0 Å². The molecule has 0 heterocycles. The standard InChI is InChI=1S/C17H25ClN2O3/c1-5-6-14(19-13-9-7-12(18)8-10-13)11-15(21)20-16(22)23-17(2,3)4/h7-10,14,19H,5-6,11H2,1-4H3,(H,20,21,22). The van der Waals surface area contributed by atoms with Crippen LogP contribution in [0.15, 0.2) is 24.3 Å². The molecule has 1 aromatic rings. The lowest BCUT2D eigenvalue weighted by Gasteiger charge is -2.21. The predicted octanol–water partition coefficient (Wildman–Crippen LogP) is 4.36. The molecule has 0 radical (unpaired) electrons. The third-order valence-corrected chi connectivity index (χ3v) is 3.18. The number of amides is 2. The monoisotopic (exact) mass is 340 g/mol. The van der Waals surface area contributed by atoms with Crippen LogP contribution in [0.25, 0.3) is 0 Å². The highest BCUT2D eigenvalue weighted by Crippen LogP contribution is 2.17. The smallest absolute Gasteiger partial charge is 0.414 e. The predicted molar refractivity (Wildman–Crippen MR) is 92.8 cm³/mol. The summed E-state index contributed by atoms with van der Waals surface area (Å²) >= 11 is 5.86. The summed E-state index contributed by atoms with van der Waals surface area (Å²) in [6.07, 6.45) is 1.20. The van der Waals surface area contributed by atoms with Gasteiger partial charge in [-0.1, -0.05) is 24.9 Å². The minimum Gasteiger partial charge on any atom is -0.444 e. The molecule has 0 spiro atoms. The number of halogens is 1. The zero-order valence-corrected chi connectivity index (χ0v) is 14.9. The highest BCUT2D eigenvalue weighted by molar-refractivity contribution is 6.30. The van der Waals surface area contributed by atoms with Gasteiger partial charge in [0.2, 0.25) is 5.91 Å². The van der Waals surface area contributed by atoms with Crippen LogP contribution < -0.4 is 10.6 Å². The average molecular weight is 341 g/mol. The number of rotatable bonds is 6. The number of anilines is 1. The van der Waals surface area contributed by atoms with Crippen molar-refractivity contribution in [2.24, 2.45) is 0 Å². The quantitative estimate of drug-likeness (QED) is 0.807. The number of benzene rings is 1. The van der Waals surface area contributed by atoms with Crippen LogP contribution in [0, 0.1) is 0 Å². The summed E-state index contributed by atoms with van der Waals surface area (Å²) in [6, 6.07) is 7.22. The Hall–Kier alpha value is -1.75. The Morgan fingerprint density at radius 3 is 2.35 bits per heavy atom. The van der Waals surface area contributed by atoms with Crippen LogP contribution in [0.5, 0.6) is 0 Å². The van der Waals surface area contributed by atoms with E-state index in [2.05, 4.69) is 10.6 Å². The molecular weight excluding hydrogens is 316 g/mol. The summed E-state index contributed by atoms with van der Waals surface area (Å²) in [5.74, 6) is -0.362. The first kappa shape index (κ1) is 19.3. The molecule has 128 valence electrons. The number of imide groups is 1. The van der Waals surface area contributed by atoms with Gasteiger partial charge in [-0.15, -0.1) is 0 Å². The summed E-state index contributed by atoms with van der Waals surface area (Å²) in [5.41, 5.74) is 0.257. The summed E-state index contributed by atoms with van der Waals surface area (Å²) < 4.78 is 5.08. The van der Waals surface area contributed by atoms with E-state index in [4.69, 9.17) is 16.3 Å². The first-order valence-corrected chi connectivity index (χ1v) is 8.12. The van der Waals surface area contributed by atoms with Crippen molar-refractivity contribution in [3.05, 3.63) is 29.3 Å². The normalized spacial score (nSPS) is 12.4. The average Bonchev–Trinajstić information content (AvgIpc) is 2.39. The van der Waals surface area contributed by atoms with E-state index in [1.54, 1.807) is 32.9 Å². The van der Waals surface area contributed by atoms with Crippen molar-refractivity contribution in [3.63, 3.8) is 0 Å². The lowest BCUT2D eigenvalue weighted by molar-refractivity contribution is -0.121. The maximum atomic E-state index is 12.0. The SMILES string of the molecule is CCCC(CC(=O)NC(=O)OC(C)(C)C)Nc1ccc(Cl)cc1. The topological polar surface area (TPSA) is 67.4 Å². The van der Waals surface area contributed by atoms with Gasteiger partial charge in [-0.25, -0.2) is 4.79 Å². The molecule has 0 aromatic heterocycles. The molecule has 1 unspecified atom stereocenters. The lowest BCUT2D eigenvalue weighted by Crippen LogP contribution is -2.38. The summed E-state index contributed by atoms with van der Waals surface area (Å²) in [5, 5.41) is 6.20. The number of carbonyl (C=O) groups is 2. The molecule has 1 aromatic carbocycles. The van der Waals surface area contributed by atoms with Crippen molar-refractivity contribution in [1.82, 2.24) is 5.32 Å². The molecule has 0 aliphatic rings. The zero-order chi connectivity index (χ0) is 17.5. The third kappa shape index (κ3) is 8.45. The van der Waals surface area contributed by atoms with Crippen LogP contribution in [-0.2, 0) is 9.53 Å². The molecule has 0 bridgehead atoms. The van der Waals surface area contributed by atoms with Gasteiger partial charge in [0.1, 0.15) is 5.60 Å². The third-order valence-electron chi connectivity index (χ3n) is 2.92. The van der Waals surface area contributed by atoms with Crippen molar-refractivity contribution in [3.8, 4) is 0 Å². The highest BCUT2D eigenvalue weighted by atomic mass is 35.5. The highest BCUT2D eigenvalue weighted by Gasteiger charge is 2.20. The van der Waals surface area contributed by atoms with Gasteiger partial charge in [-0.2, -0.15) is 0 Å². The van der Waals surface area contributed by atoms with E-state index in [1.807, 2.05) is 19.1 Å². The van der Waals surface area contributed by atoms with E-state index in [1.165, 1.54) is 0 Å². The maximum Gasteiger partial charge on any atom is 0.414 e. The Morgan fingerprint density at radius 2 is 1.83 bits per heavy atom. The number of carbonyl (C=O) groups excluding carboxylic acids is 2. The fourth-order valence-corrected chi connectivity index (χ4v) is 2.17. The molecular formula is C17H25ClN2O3. The van der Waals surface area contributed by atoms with Gasteiger partial charge in [-0.05, 0) is 51.5 Å². The molecule has 1 rings (SSSR count). The van der Waals surface area contributed by atoms with Crippen molar-refractivity contribution in [2.45, 2.75) is 58.6 Å². The Balaban J connectivity index is 2.56. The number of ether oxygens (including phenoxy) is 1. The van der Waals surface area contributed by atoms with E-state index in [9.17, 15) is 9.59 Å². The largest absolute Gasteiger partial charge is 0.444 e. The number of alkyl carbamates (subject to hydrolysis) is 1. The second-order valence-electron chi connectivity index (χ2n) is 6.39. The Kier molecular flexibility index (Phi) is 7.36. The van der Waals surface area contributed by atoms with Crippen molar-refractivity contribution in [2.75, 3.05) is 5.32 Å². The second-order valence-corrected chi connectivity index (χ2v) is 6.83. The molecule has 23 heavy (non-hydrogen) atoms. The summed E-state index contributed by atoms with van der Waals surface area (Å²) in [7, 11) is 0. The van der Waals surface area contributed by atoms with Crippen LogP contribution >= 0.6 is 11.6 Å². The summed E-state index contributed by atoms with van der Waals surface area (Å²) in [4.78, 5) is 23.6. The van der Waals surface area contributed by atoms with Crippen LogP contribution in [0.3, 0.4) is 0 Å². The van der Waals surface area contributed by atoms with Crippen molar-refractivity contribution >= 4 is 29.3 Å². The van der Waals surface area contributed by atoms with E-state index < -0.39 is 11.7 Å². The first-order valence-electron chi connectivity index (χ1n) is 7.74. The fourth-order valence-electron chi connectivity index (χ4n) is 2.05. The fraction of sp³-hybridized carbons (Fsp3) is 0.529. The molecule has 1 atom stereocenters. The van der Waals surface area contributed by atoms with Gasteiger partial charge >= 0.3 is 6.09 Å². The number of hydrogen-bond acceptors (Lipinski definition) is 4. The number of hydrogen-bond donors (Lipinski definition) is 2. The first-order chi connectivity index (χ1) is 10.7. The van der Waals surface area contributed by atoms with E-state index in [0.717, 1.165) is 18.5 Å². The summed E-state index contributed by atoms with van der Waals surface area (Å²) in [6.45, 7) is 7.29. The minimum absolute atomic E-state index is 0.0661. The molecule has 2 amide bonds. The van der Waals surface area contributed by atoms with Gasteiger partial charge in [0, 0.05) is 23.2 Å². The maximum absolute atomic E-state index is 12.0. The Morgan fingerprint density at radius 1 is 1.22 bits per heavy atom. The molecule has 0 saturated heterocycles. The molecule has 0 aliphatic carbocycles.